The van der Waals surface area contributed by atoms with E-state index in [1.807, 2.05) is 0 Å². The number of para-hydroxylation sites is 1. The van der Waals surface area contributed by atoms with E-state index in [-0.39, 0.29) is 11.5 Å². The molecular weight excluding hydrogens is 368 g/mol. The number of hydrogen-bond acceptors (Lipinski definition) is 5. The molecule has 4 rings (SSSR count). The average molecular weight is 392 g/mol. The Hall–Kier alpha value is -3.28. The molecule has 6 nitrogen and oxygen atoms in total. The van der Waals surface area contributed by atoms with Crippen molar-refractivity contribution < 1.29 is 13.9 Å². The number of amides is 1. The maximum absolute atomic E-state index is 13.0. The molecule has 2 heterocycles. The van der Waals surface area contributed by atoms with Crippen molar-refractivity contribution in [2.24, 2.45) is 0 Å². The molecule has 29 heavy (non-hydrogen) atoms. The fourth-order valence-electron chi connectivity index (χ4n) is 3.69. The van der Waals surface area contributed by atoms with E-state index in [0.717, 1.165) is 18.8 Å². The van der Waals surface area contributed by atoms with Gasteiger partial charge in [-0.3, -0.25) is 4.79 Å². The summed E-state index contributed by atoms with van der Waals surface area (Å²) >= 11 is 0. The Morgan fingerprint density at radius 2 is 1.76 bits per heavy atom. The summed E-state index contributed by atoms with van der Waals surface area (Å²) in [6.07, 6.45) is 0. The summed E-state index contributed by atoms with van der Waals surface area (Å²) in [6, 6.07) is 13.3. The van der Waals surface area contributed by atoms with Crippen LogP contribution in [0, 0.1) is 13.8 Å². The monoisotopic (exact) mass is 392 g/mol. The van der Waals surface area contributed by atoms with E-state index in [1.165, 1.54) is 18.2 Å². The molecule has 0 aliphatic carbocycles. The van der Waals surface area contributed by atoms with Crippen LogP contribution in [0.25, 0.3) is 11.0 Å². The molecule has 1 amide bonds. The molecule has 0 spiro atoms. The molecule has 0 bridgehead atoms. The van der Waals surface area contributed by atoms with Crippen molar-refractivity contribution in [2.45, 2.75) is 13.8 Å². The van der Waals surface area contributed by atoms with Gasteiger partial charge in [-0.15, -0.1) is 0 Å². The van der Waals surface area contributed by atoms with E-state index in [1.54, 1.807) is 29.2 Å². The second kappa shape index (κ2) is 7.62. The number of aryl methyl sites for hydroxylation is 2. The van der Waals surface area contributed by atoms with Gasteiger partial charge < -0.3 is 19.0 Å². The number of rotatable bonds is 3. The first-order valence-corrected chi connectivity index (χ1v) is 9.70. The molecule has 6 heteroatoms. The zero-order chi connectivity index (χ0) is 20.5. The van der Waals surface area contributed by atoms with Gasteiger partial charge >= 0.3 is 5.63 Å². The lowest BCUT2D eigenvalue weighted by atomic mass is 10.1. The van der Waals surface area contributed by atoms with Crippen LogP contribution < -0.4 is 15.3 Å². The van der Waals surface area contributed by atoms with Gasteiger partial charge in [-0.2, -0.15) is 0 Å². The van der Waals surface area contributed by atoms with Crippen LogP contribution in [0.1, 0.15) is 21.5 Å². The molecule has 150 valence electrons. The second-order valence-electron chi connectivity index (χ2n) is 7.37. The largest absolute Gasteiger partial charge is 0.493 e. The molecule has 1 aliphatic heterocycles. The van der Waals surface area contributed by atoms with Crippen LogP contribution in [0.3, 0.4) is 0 Å². The smallest absolute Gasteiger partial charge is 0.349 e. The van der Waals surface area contributed by atoms with E-state index in [4.69, 9.17) is 9.15 Å². The molecular formula is C23H24N2O4. The van der Waals surface area contributed by atoms with Crippen LogP contribution in [0.4, 0.5) is 5.69 Å². The number of nitrogens with zero attached hydrogens (tertiary/aromatic N) is 2. The van der Waals surface area contributed by atoms with Crippen molar-refractivity contribution in [1.82, 2.24) is 4.90 Å². The minimum atomic E-state index is -0.636. The van der Waals surface area contributed by atoms with Crippen LogP contribution in [-0.4, -0.2) is 44.1 Å². The molecule has 2 aromatic carbocycles. The number of piperazine rings is 1. The van der Waals surface area contributed by atoms with Gasteiger partial charge in [0.05, 0.1) is 7.11 Å². The molecule has 1 aliphatic rings. The highest BCUT2D eigenvalue weighted by atomic mass is 16.5. The predicted molar refractivity (Wildman–Crippen MR) is 113 cm³/mol. The number of anilines is 1. The summed E-state index contributed by atoms with van der Waals surface area (Å²) in [5.74, 6) is 0.184. The second-order valence-corrected chi connectivity index (χ2v) is 7.37. The SMILES string of the molecule is COc1cccc2cc(C(=O)N3CCN(c4ccc(C)c(C)c4)CC3)c(=O)oc12. The molecule has 0 unspecified atom stereocenters. The quantitative estimate of drug-likeness (QED) is 0.640. The maximum Gasteiger partial charge on any atom is 0.349 e. The van der Waals surface area contributed by atoms with Crippen molar-refractivity contribution >= 4 is 22.6 Å². The van der Waals surface area contributed by atoms with Gasteiger partial charge in [0, 0.05) is 37.3 Å². The van der Waals surface area contributed by atoms with Crippen LogP contribution in [0.15, 0.2) is 51.7 Å². The van der Waals surface area contributed by atoms with Gasteiger partial charge in [0.2, 0.25) is 0 Å². The van der Waals surface area contributed by atoms with Crippen molar-refractivity contribution in [3.05, 3.63) is 69.6 Å². The van der Waals surface area contributed by atoms with Gasteiger partial charge in [-0.1, -0.05) is 18.2 Å². The van der Waals surface area contributed by atoms with Gasteiger partial charge in [0.1, 0.15) is 5.56 Å². The van der Waals surface area contributed by atoms with E-state index in [0.29, 0.717) is 29.8 Å². The molecule has 0 atom stereocenters. The third-order valence-electron chi connectivity index (χ3n) is 5.60. The zero-order valence-electron chi connectivity index (χ0n) is 16.9. The van der Waals surface area contributed by atoms with Crippen LogP contribution in [0.5, 0.6) is 5.75 Å². The maximum atomic E-state index is 13.0. The lowest BCUT2D eigenvalue weighted by Crippen LogP contribution is -2.49. The van der Waals surface area contributed by atoms with Crippen molar-refractivity contribution in [1.29, 1.82) is 0 Å². The Kier molecular flexibility index (Phi) is 5.01. The molecule has 0 N–H and O–H groups in total. The van der Waals surface area contributed by atoms with E-state index >= 15 is 0 Å². The van der Waals surface area contributed by atoms with Crippen LogP contribution in [0.2, 0.25) is 0 Å². The summed E-state index contributed by atoms with van der Waals surface area (Å²) in [6.45, 7) is 6.76. The highest BCUT2D eigenvalue weighted by Crippen LogP contribution is 2.25. The fourth-order valence-corrected chi connectivity index (χ4v) is 3.69. The lowest BCUT2D eigenvalue weighted by molar-refractivity contribution is 0.0742. The first-order chi connectivity index (χ1) is 14.0. The van der Waals surface area contributed by atoms with Crippen LogP contribution in [-0.2, 0) is 0 Å². The topological polar surface area (TPSA) is 63.0 Å². The van der Waals surface area contributed by atoms with Crippen molar-refractivity contribution in [3.63, 3.8) is 0 Å². The highest BCUT2D eigenvalue weighted by molar-refractivity contribution is 5.97. The van der Waals surface area contributed by atoms with Crippen LogP contribution >= 0.6 is 0 Å². The third kappa shape index (κ3) is 3.58. The summed E-state index contributed by atoms with van der Waals surface area (Å²) in [5, 5.41) is 0.668. The standard InChI is InChI=1S/C23H24N2O4/c1-15-7-8-18(13-16(15)2)24-9-11-25(12-10-24)22(26)19-14-17-5-4-6-20(28-3)21(17)29-23(19)27/h4-8,13-14H,9-12H2,1-3H3. The Bertz CT molecular complexity index is 1130. The number of hydrogen-bond donors (Lipinski definition) is 0. The summed E-state index contributed by atoms with van der Waals surface area (Å²) in [4.78, 5) is 29.4. The number of methoxy groups -OCH3 is 1. The first-order valence-electron chi connectivity index (χ1n) is 9.70. The Morgan fingerprint density at radius 3 is 2.45 bits per heavy atom. The molecule has 3 aromatic rings. The molecule has 1 aromatic heterocycles. The Morgan fingerprint density at radius 1 is 1.00 bits per heavy atom. The summed E-state index contributed by atoms with van der Waals surface area (Å²) < 4.78 is 10.6. The minimum absolute atomic E-state index is 0.0605. The minimum Gasteiger partial charge on any atom is -0.493 e. The molecule has 1 fully saturated rings. The van der Waals surface area contributed by atoms with Crippen molar-refractivity contribution in [3.8, 4) is 5.75 Å². The normalized spacial score (nSPS) is 14.3. The number of carbonyl (C=O) groups excluding carboxylic acids is 1. The Labute approximate surface area is 169 Å². The van der Waals surface area contributed by atoms with Gasteiger partial charge in [0.15, 0.2) is 11.3 Å². The number of fused-ring (bicyclic) bond motifs is 1. The van der Waals surface area contributed by atoms with E-state index in [2.05, 4.69) is 36.9 Å². The summed E-state index contributed by atoms with van der Waals surface area (Å²) in [7, 11) is 1.52. The number of benzene rings is 2. The predicted octanol–water partition coefficient (Wildman–Crippen LogP) is 3.38. The van der Waals surface area contributed by atoms with E-state index < -0.39 is 5.63 Å². The third-order valence-corrected chi connectivity index (χ3v) is 5.60. The molecule has 1 saturated heterocycles. The highest BCUT2D eigenvalue weighted by Gasteiger charge is 2.25. The molecule has 0 radical (unpaired) electrons. The first kappa shape index (κ1) is 19.1. The van der Waals surface area contributed by atoms with Gasteiger partial charge in [-0.25, -0.2) is 4.79 Å². The fraction of sp³-hybridized carbons (Fsp3) is 0.304. The Balaban J connectivity index is 1.53. The van der Waals surface area contributed by atoms with Gasteiger partial charge in [-0.05, 0) is 49.2 Å². The van der Waals surface area contributed by atoms with E-state index in [9.17, 15) is 9.59 Å². The number of carbonyl (C=O) groups is 1. The van der Waals surface area contributed by atoms with Crippen molar-refractivity contribution in [2.75, 3.05) is 38.2 Å². The average Bonchev–Trinajstić information content (AvgIpc) is 2.74. The molecule has 0 saturated carbocycles. The van der Waals surface area contributed by atoms with Gasteiger partial charge in [0.25, 0.3) is 5.91 Å². The lowest BCUT2D eigenvalue weighted by Gasteiger charge is -2.36. The zero-order valence-corrected chi connectivity index (χ0v) is 16.9. The summed E-state index contributed by atoms with van der Waals surface area (Å²) in [5.41, 5.74) is 3.47. The number of ether oxygens (including phenoxy) is 1.